The van der Waals surface area contributed by atoms with Crippen molar-refractivity contribution in [2.24, 2.45) is 5.73 Å². The van der Waals surface area contributed by atoms with Crippen molar-refractivity contribution in [3.63, 3.8) is 0 Å². The molecule has 18 heavy (non-hydrogen) atoms. The number of aromatic nitrogens is 1. The summed E-state index contributed by atoms with van der Waals surface area (Å²) in [7, 11) is -0.718. The second-order valence-electron chi connectivity index (χ2n) is 4.04. The summed E-state index contributed by atoms with van der Waals surface area (Å²) in [6.45, 7) is 0. The standard InChI is InChI=1S/C11H13N3O3S/c1-13(2)18(16,17)14-6-5-8-3-4-9(11(12)15)7-10(8)14/h3-7H,1-2H3,(H2,12,15). The molecule has 0 saturated carbocycles. The minimum absolute atomic E-state index is 0.274. The molecule has 7 heteroatoms. The Balaban J connectivity index is 2.74. The predicted octanol–water partition coefficient (Wildman–Crippen LogP) is 0.395. The van der Waals surface area contributed by atoms with Crippen molar-refractivity contribution in [1.82, 2.24) is 8.28 Å². The van der Waals surface area contributed by atoms with E-state index in [-0.39, 0.29) is 5.56 Å². The zero-order valence-electron chi connectivity index (χ0n) is 9.99. The average molecular weight is 267 g/mol. The molecule has 0 fully saturated rings. The van der Waals surface area contributed by atoms with E-state index in [1.807, 2.05) is 0 Å². The number of carbonyl (C=O) groups is 1. The lowest BCUT2D eigenvalue weighted by Crippen LogP contribution is -2.28. The van der Waals surface area contributed by atoms with Crippen molar-refractivity contribution in [2.45, 2.75) is 0 Å². The van der Waals surface area contributed by atoms with Crippen LogP contribution in [0.1, 0.15) is 10.4 Å². The van der Waals surface area contributed by atoms with Crippen LogP contribution in [0, 0.1) is 0 Å². The van der Waals surface area contributed by atoms with Crippen molar-refractivity contribution in [3.05, 3.63) is 36.0 Å². The first-order valence-electron chi connectivity index (χ1n) is 5.18. The normalized spacial score (nSPS) is 12.2. The summed E-state index contributed by atoms with van der Waals surface area (Å²) in [4.78, 5) is 11.1. The van der Waals surface area contributed by atoms with E-state index in [0.29, 0.717) is 5.52 Å². The van der Waals surface area contributed by atoms with Crippen LogP contribution in [0.3, 0.4) is 0 Å². The van der Waals surface area contributed by atoms with Gasteiger partial charge in [0, 0.05) is 31.2 Å². The fourth-order valence-corrected chi connectivity index (χ4v) is 2.61. The molecular formula is C11H13N3O3S. The largest absolute Gasteiger partial charge is 0.366 e. The lowest BCUT2D eigenvalue weighted by atomic mass is 10.1. The summed E-state index contributed by atoms with van der Waals surface area (Å²) < 4.78 is 26.3. The Hall–Kier alpha value is -1.86. The van der Waals surface area contributed by atoms with Crippen LogP contribution in [0.2, 0.25) is 0 Å². The Morgan fingerprint density at radius 2 is 1.94 bits per heavy atom. The second-order valence-corrected chi connectivity index (χ2v) is 6.06. The van der Waals surface area contributed by atoms with Crippen molar-refractivity contribution in [1.29, 1.82) is 0 Å². The van der Waals surface area contributed by atoms with Crippen molar-refractivity contribution in [3.8, 4) is 0 Å². The number of fused-ring (bicyclic) bond motifs is 1. The number of rotatable bonds is 3. The maximum atomic E-state index is 12.1. The number of nitrogens with zero attached hydrogens (tertiary/aromatic N) is 2. The van der Waals surface area contributed by atoms with E-state index in [2.05, 4.69) is 0 Å². The lowest BCUT2D eigenvalue weighted by Gasteiger charge is -2.13. The molecule has 0 aliphatic rings. The van der Waals surface area contributed by atoms with E-state index >= 15 is 0 Å². The average Bonchev–Trinajstić information content (AvgIpc) is 2.71. The Bertz CT molecular complexity index is 716. The lowest BCUT2D eigenvalue weighted by molar-refractivity contribution is 0.100. The number of amides is 1. The summed E-state index contributed by atoms with van der Waals surface area (Å²) in [6.07, 6.45) is 1.45. The molecule has 2 rings (SSSR count). The van der Waals surface area contributed by atoms with E-state index in [1.54, 1.807) is 18.2 Å². The highest BCUT2D eigenvalue weighted by molar-refractivity contribution is 7.87. The molecule has 0 bridgehead atoms. The number of benzene rings is 1. The van der Waals surface area contributed by atoms with Crippen LogP contribution in [-0.2, 0) is 10.2 Å². The SMILES string of the molecule is CN(C)S(=O)(=O)n1ccc2ccc(C(N)=O)cc21. The molecule has 0 saturated heterocycles. The highest BCUT2D eigenvalue weighted by atomic mass is 32.2. The van der Waals surface area contributed by atoms with Gasteiger partial charge in [0.05, 0.1) is 5.52 Å². The molecule has 0 aliphatic carbocycles. The fourth-order valence-electron chi connectivity index (χ4n) is 1.63. The van der Waals surface area contributed by atoms with Crippen molar-refractivity contribution in [2.75, 3.05) is 14.1 Å². The van der Waals surface area contributed by atoms with Gasteiger partial charge in [0.25, 0.3) is 0 Å². The second kappa shape index (κ2) is 4.11. The molecule has 0 radical (unpaired) electrons. The third kappa shape index (κ3) is 1.87. The van der Waals surface area contributed by atoms with Crippen molar-refractivity contribution < 1.29 is 13.2 Å². The molecule has 0 aliphatic heterocycles. The number of nitrogens with two attached hydrogens (primary N) is 1. The molecule has 6 nitrogen and oxygen atoms in total. The summed E-state index contributed by atoms with van der Waals surface area (Å²) in [5, 5.41) is 0.727. The summed E-state index contributed by atoms with van der Waals surface area (Å²) in [5.41, 5.74) is 5.89. The Morgan fingerprint density at radius 1 is 1.28 bits per heavy atom. The van der Waals surface area contributed by atoms with Gasteiger partial charge in [0.1, 0.15) is 0 Å². The Labute approximate surface area is 105 Å². The minimum Gasteiger partial charge on any atom is -0.366 e. The van der Waals surface area contributed by atoms with E-state index < -0.39 is 16.1 Å². The molecule has 1 heterocycles. The molecule has 1 amide bonds. The third-order valence-corrected chi connectivity index (χ3v) is 4.39. The molecule has 0 unspecified atom stereocenters. The summed E-state index contributed by atoms with van der Waals surface area (Å²) in [6, 6.07) is 6.37. The van der Waals surface area contributed by atoms with Gasteiger partial charge in [-0.3, -0.25) is 4.79 Å². The molecule has 1 aromatic carbocycles. The van der Waals surface area contributed by atoms with Gasteiger partial charge in [0.15, 0.2) is 0 Å². The maximum Gasteiger partial charge on any atom is 0.307 e. The van der Waals surface area contributed by atoms with Crippen LogP contribution >= 0.6 is 0 Å². The third-order valence-electron chi connectivity index (χ3n) is 2.65. The summed E-state index contributed by atoms with van der Waals surface area (Å²) >= 11 is 0. The van der Waals surface area contributed by atoms with Gasteiger partial charge in [-0.15, -0.1) is 0 Å². The highest BCUT2D eigenvalue weighted by Gasteiger charge is 2.18. The molecule has 2 N–H and O–H groups in total. The molecule has 0 spiro atoms. The van der Waals surface area contributed by atoms with E-state index in [0.717, 1.165) is 13.7 Å². The van der Waals surface area contributed by atoms with Crippen LogP contribution in [0.4, 0.5) is 0 Å². The van der Waals surface area contributed by atoms with Crippen LogP contribution in [-0.4, -0.2) is 36.7 Å². The van der Waals surface area contributed by atoms with E-state index in [9.17, 15) is 13.2 Å². The van der Waals surface area contributed by atoms with Gasteiger partial charge < -0.3 is 5.73 Å². The van der Waals surface area contributed by atoms with Gasteiger partial charge in [-0.25, -0.2) is 3.97 Å². The van der Waals surface area contributed by atoms with Gasteiger partial charge in [-0.2, -0.15) is 12.7 Å². The van der Waals surface area contributed by atoms with Crippen LogP contribution in [0.25, 0.3) is 10.9 Å². The van der Waals surface area contributed by atoms with Gasteiger partial charge in [0.2, 0.25) is 5.91 Å². The first-order valence-corrected chi connectivity index (χ1v) is 6.57. The molecule has 1 aromatic heterocycles. The van der Waals surface area contributed by atoms with Crippen LogP contribution < -0.4 is 5.73 Å². The van der Waals surface area contributed by atoms with Gasteiger partial charge in [-0.1, -0.05) is 6.07 Å². The number of primary amides is 1. The zero-order valence-corrected chi connectivity index (χ0v) is 10.8. The monoisotopic (exact) mass is 267 g/mol. The highest BCUT2D eigenvalue weighted by Crippen LogP contribution is 2.20. The Morgan fingerprint density at radius 3 is 2.50 bits per heavy atom. The first kappa shape index (κ1) is 12.6. The van der Waals surface area contributed by atoms with E-state index in [4.69, 9.17) is 5.73 Å². The molecular weight excluding hydrogens is 254 g/mol. The number of hydrogen-bond acceptors (Lipinski definition) is 3. The Kier molecular flexibility index (Phi) is 2.88. The van der Waals surface area contributed by atoms with Crippen LogP contribution in [0.5, 0.6) is 0 Å². The van der Waals surface area contributed by atoms with Gasteiger partial charge in [-0.05, 0) is 18.2 Å². The topological polar surface area (TPSA) is 85.4 Å². The summed E-state index contributed by atoms with van der Waals surface area (Å²) in [5.74, 6) is -0.591. The molecule has 0 atom stereocenters. The maximum absolute atomic E-state index is 12.1. The number of hydrogen-bond donors (Lipinski definition) is 1. The predicted molar refractivity (Wildman–Crippen MR) is 68.5 cm³/mol. The zero-order chi connectivity index (χ0) is 13.5. The van der Waals surface area contributed by atoms with Gasteiger partial charge >= 0.3 is 10.2 Å². The smallest absolute Gasteiger partial charge is 0.307 e. The quantitative estimate of drug-likeness (QED) is 0.873. The van der Waals surface area contributed by atoms with E-state index in [1.165, 1.54) is 26.4 Å². The molecule has 2 aromatic rings. The number of carbonyl (C=O) groups excluding carboxylic acids is 1. The minimum atomic E-state index is -3.60. The van der Waals surface area contributed by atoms with Crippen LogP contribution in [0.15, 0.2) is 30.5 Å². The first-order chi connectivity index (χ1) is 8.34. The van der Waals surface area contributed by atoms with Crippen molar-refractivity contribution >= 4 is 27.0 Å². The fraction of sp³-hybridized carbons (Fsp3) is 0.182. The molecule has 96 valence electrons.